The molecule has 0 unspecified atom stereocenters. The number of benzene rings is 12. The Morgan fingerprint density at radius 3 is 0.970 bits per heavy atom. The highest BCUT2D eigenvalue weighted by molar-refractivity contribution is 7.19. The molecule has 1 heteroatoms. The summed E-state index contributed by atoms with van der Waals surface area (Å²) in [7, 11) is -2.66. The smallest absolute Gasteiger partial charge is 0.0623 e. The highest BCUT2D eigenvalue weighted by Gasteiger charge is 2.41. The summed E-state index contributed by atoms with van der Waals surface area (Å²) in [6.07, 6.45) is 0. The number of hydrogen-bond donors (Lipinski definition) is 0. The van der Waals surface area contributed by atoms with E-state index in [1.165, 1.54) is 109 Å². The third kappa shape index (κ3) is 7.09. The van der Waals surface area contributed by atoms with Crippen molar-refractivity contribution in [2.45, 2.75) is 0 Å². The van der Waals surface area contributed by atoms with Gasteiger partial charge in [-0.1, -0.05) is 255 Å². The van der Waals surface area contributed by atoms with E-state index in [1.807, 2.05) is 0 Å². The molecule has 314 valence electrons. The molecule has 12 rings (SSSR count). The van der Waals surface area contributed by atoms with E-state index in [4.69, 9.17) is 0 Å². The highest BCUT2D eigenvalue weighted by Crippen LogP contribution is 2.47. The minimum atomic E-state index is -2.66. The summed E-state index contributed by atoms with van der Waals surface area (Å²) >= 11 is 0. The summed E-state index contributed by atoms with van der Waals surface area (Å²) in [4.78, 5) is 0. The fourth-order valence-corrected chi connectivity index (χ4v) is 15.5. The maximum Gasteiger partial charge on any atom is 0.179 e. The van der Waals surface area contributed by atoms with Crippen molar-refractivity contribution in [3.63, 3.8) is 0 Å². The van der Waals surface area contributed by atoms with Crippen molar-refractivity contribution < 1.29 is 0 Å². The van der Waals surface area contributed by atoms with E-state index >= 15 is 0 Å². The largest absolute Gasteiger partial charge is 0.179 e. The average molecular weight is 867 g/mol. The maximum atomic E-state index is 2.45. The van der Waals surface area contributed by atoms with Crippen LogP contribution in [0.1, 0.15) is 0 Å². The maximum absolute atomic E-state index is 2.66. The molecule has 67 heavy (non-hydrogen) atoms. The molecule has 0 radical (unpaired) electrons. The summed E-state index contributed by atoms with van der Waals surface area (Å²) in [6, 6.07) is 104. The van der Waals surface area contributed by atoms with E-state index in [-0.39, 0.29) is 0 Å². The molecule has 0 nitrogen and oxygen atoms in total. The highest BCUT2D eigenvalue weighted by atomic mass is 28.3. The Balaban J connectivity index is 1.08. The third-order valence-corrected chi connectivity index (χ3v) is 18.6. The molecule has 12 aromatic carbocycles. The van der Waals surface area contributed by atoms with Crippen LogP contribution in [0.3, 0.4) is 0 Å². The zero-order chi connectivity index (χ0) is 44.6. The van der Waals surface area contributed by atoms with Crippen LogP contribution in [0, 0.1) is 0 Å². The van der Waals surface area contributed by atoms with Gasteiger partial charge in [-0.25, -0.2) is 0 Å². The third-order valence-electron chi connectivity index (χ3n) is 13.8. The van der Waals surface area contributed by atoms with Gasteiger partial charge in [-0.05, 0) is 133 Å². The lowest BCUT2D eigenvalue weighted by Gasteiger charge is -2.34. The molecule has 0 amide bonds. The van der Waals surface area contributed by atoms with Crippen molar-refractivity contribution in [1.29, 1.82) is 0 Å². The second-order valence-corrected chi connectivity index (χ2v) is 21.3. The van der Waals surface area contributed by atoms with Gasteiger partial charge in [0.05, 0.1) is 0 Å². The minimum absolute atomic E-state index is 1.20. The Bertz CT molecular complexity index is 3580. The van der Waals surface area contributed by atoms with Gasteiger partial charge in [0, 0.05) is 0 Å². The Hall–Kier alpha value is -8.36. The molecule has 12 aromatic rings. The Labute approximate surface area is 393 Å². The standard InChI is InChI=1S/C66H46Si/c1-7-21-48(22-8-1)61-43-51-27-19-20-28-52(51)44-62(61)54-38-42-60-59-41-37-53(45-63(59)65(49-23-9-2-10-24-49)66(64(60)46-54)50-25-11-3-12-26-50)47-35-39-58(40-36-47)67(55-29-13-4-14-30-55,56-31-15-5-16-32-56)57-33-17-6-18-34-57/h1-46H. The van der Waals surface area contributed by atoms with Crippen LogP contribution in [-0.2, 0) is 0 Å². The second-order valence-electron chi connectivity index (χ2n) is 17.5. The number of rotatable bonds is 9. The number of hydrogen-bond acceptors (Lipinski definition) is 0. The molecule has 0 aliphatic heterocycles. The van der Waals surface area contributed by atoms with E-state index in [0.29, 0.717) is 0 Å². The van der Waals surface area contributed by atoms with Crippen LogP contribution in [0.15, 0.2) is 279 Å². The summed E-state index contributed by atoms with van der Waals surface area (Å²) in [6.45, 7) is 0. The quantitative estimate of drug-likeness (QED) is 0.0770. The molecule has 0 saturated carbocycles. The minimum Gasteiger partial charge on any atom is -0.0623 e. The lowest BCUT2D eigenvalue weighted by molar-refractivity contribution is 1.60. The first-order valence-corrected chi connectivity index (χ1v) is 25.2. The molecule has 0 aliphatic rings. The van der Waals surface area contributed by atoms with Gasteiger partial charge < -0.3 is 0 Å². The molecule has 0 atom stereocenters. The van der Waals surface area contributed by atoms with Gasteiger partial charge in [-0.3, -0.25) is 0 Å². The van der Waals surface area contributed by atoms with Gasteiger partial charge in [0.2, 0.25) is 0 Å². The van der Waals surface area contributed by atoms with Crippen LogP contribution < -0.4 is 20.7 Å². The predicted molar refractivity (Wildman–Crippen MR) is 290 cm³/mol. The van der Waals surface area contributed by atoms with Crippen molar-refractivity contribution in [2.75, 3.05) is 0 Å². The van der Waals surface area contributed by atoms with Crippen molar-refractivity contribution in [1.82, 2.24) is 0 Å². The molecular weight excluding hydrogens is 821 g/mol. The first-order valence-electron chi connectivity index (χ1n) is 23.2. The molecule has 0 N–H and O–H groups in total. The summed E-state index contributed by atoms with van der Waals surface area (Å²) < 4.78 is 0. The molecule has 0 fully saturated rings. The van der Waals surface area contributed by atoms with Gasteiger partial charge in [0.25, 0.3) is 0 Å². The van der Waals surface area contributed by atoms with Gasteiger partial charge in [-0.15, -0.1) is 0 Å². The van der Waals surface area contributed by atoms with E-state index in [9.17, 15) is 0 Å². The zero-order valence-electron chi connectivity index (χ0n) is 37.1. The molecule has 0 heterocycles. The van der Waals surface area contributed by atoms with Crippen LogP contribution in [0.5, 0.6) is 0 Å². The molecule has 0 aromatic heterocycles. The Kier molecular flexibility index (Phi) is 10.3. The van der Waals surface area contributed by atoms with Gasteiger partial charge in [0.15, 0.2) is 8.07 Å². The number of fused-ring (bicyclic) bond motifs is 4. The summed E-state index contributed by atoms with van der Waals surface area (Å²) in [5.74, 6) is 0. The van der Waals surface area contributed by atoms with Crippen molar-refractivity contribution in [3.8, 4) is 55.6 Å². The van der Waals surface area contributed by atoms with Crippen LogP contribution in [0.4, 0.5) is 0 Å². The Morgan fingerprint density at radius 2 is 0.522 bits per heavy atom. The Morgan fingerprint density at radius 1 is 0.194 bits per heavy atom. The summed E-state index contributed by atoms with van der Waals surface area (Å²) in [5, 5.41) is 12.9. The lowest BCUT2D eigenvalue weighted by atomic mass is 9.82. The van der Waals surface area contributed by atoms with Gasteiger partial charge in [-0.2, -0.15) is 0 Å². The second kappa shape index (κ2) is 17.2. The van der Waals surface area contributed by atoms with Crippen LogP contribution in [0.2, 0.25) is 0 Å². The van der Waals surface area contributed by atoms with E-state index < -0.39 is 8.07 Å². The van der Waals surface area contributed by atoms with Crippen molar-refractivity contribution in [3.05, 3.63) is 279 Å². The molecule has 0 spiro atoms. The van der Waals surface area contributed by atoms with Gasteiger partial charge >= 0.3 is 0 Å². The predicted octanol–water partition coefficient (Wildman–Crippen LogP) is 14.9. The first kappa shape index (κ1) is 40.2. The van der Waals surface area contributed by atoms with Crippen molar-refractivity contribution in [2.24, 2.45) is 0 Å². The fraction of sp³-hybridized carbons (Fsp3) is 0. The summed E-state index contributed by atoms with van der Waals surface area (Å²) in [5.41, 5.74) is 12.2. The fourth-order valence-electron chi connectivity index (χ4n) is 10.7. The van der Waals surface area contributed by atoms with Crippen LogP contribution >= 0.6 is 0 Å². The first-order chi connectivity index (χ1) is 33.2. The van der Waals surface area contributed by atoms with Crippen molar-refractivity contribution >= 4 is 61.1 Å². The lowest BCUT2D eigenvalue weighted by Crippen LogP contribution is -2.74. The molecule has 0 aliphatic carbocycles. The van der Waals surface area contributed by atoms with Crippen LogP contribution in [0.25, 0.3) is 88.0 Å². The molecule has 0 bridgehead atoms. The average Bonchev–Trinajstić information content (AvgIpc) is 3.42. The molecule has 0 saturated heterocycles. The van der Waals surface area contributed by atoms with E-state index in [2.05, 4.69) is 279 Å². The van der Waals surface area contributed by atoms with Gasteiger partial charge in [0.1, 0.15) is 0 Å². The SMILES string of the molecule is c1ccc(-c2cc3ccccc3cc2-c2ccc3c(c2)c(-c2ccccc2)c(-c2ccccc2)c2cc(-c4ccc([Si](c5ccccc5)(c5ccccc5)c5ccccc5)cc4)ccc23)cc1. The molecular formula is C66H46Si. The zero-order valence-corrected chi connectivity index (χ0v) is 38.1. The van der Waals surface area contributed by atoms with E-state index in [1.54, 1.807) is 0 Å². The topological polar surface area (TPSA) is 0 Å². The van der Waals surface area contributed by atoms with E-state index in [0.717, 1.165) is 0 Å². The normalized spacial score (nSPS) is 11.6. The van der Waals surface area contributed by atoms with Crippen LogP contribution in [-0.4, -0.2) is 8.07 Å². The monoisotopic (exact) mass is 866 g/mol.